The van der Waals surface area contributed by atoms with E-state index in [0.717, 1.165) is 50.4 Å². The first-order chi connectivity index (χ1) is 15.6. The minimum atomic E-state index is -0.787. The van der Waals surface area contributed by atoms with Gasteiger partial charge in [-0.25, -0.2) is 9.97 Å². The number of nitrogens with zero attached hydrogens (tertiary/aromatic N) is 3. The van der Waals surface area contributed by atoms with E-state index in [1.54, 1.807) is 11.3 Å². The average molecular weight is 440 g/mol. The summed E-state index contributed by atoms with van der Waals surface area (Å²) in [6.45, 7) is 0.467. The number of hydrogen-bond donors (Lipinski definition) is 1. The first kappa shape index (κ1) is 19.2. The number of carboxylic acid groups (broad SMARTS) is 1. The van der Waals surface area contributed by atoms with Crippen LogP contribution >= 0.6 is 11.3 Å². The van der Waals surface area contributed by atoms with E-state index >= 15 is 0 Å². The molecule has 0 bridgehead atoms. The summed E-state index contributed by atoms with van der Waals surface area (Å²) in [5.41, 5.74) is 5.55. The van der Waals surface area contributed by atoms with Crippen molar-refractivity contribution in [2.45, 2.75) is 31.2 Å². The van der Waals surface area contributed by atoms with Crippen molar-refractivity contribution in [2.75, 3.05) is 0 Å². The zero-order chi connectivity index (χ0) is 21.7. The lowest BCUT2D eigenvalue weighted by molar-refractivity contribution is -0.137. The summed E-state index contributed by atoms with van der Waals surface area (Å²) >= 11 is 1.63. The summed E-state index contributed by atoms with van der Waals surface area (Å²) in [6.07, 6.45) is 4.33. The van der Waals surface area contributed by atoms with E-state index in [0.29, 0.717) is 6.54 Å². The van der Waals surface area contributed by atoms with Gasteiger partial charge in [-0.05, 0) is 54.8 Å². The van der Waals surface area contributed by atoms with Gasteiger partial charge in [0.05, 0.1) is 12.1 Å². The normalized spacial score (nSPS) is 14.8. The van der Waals surface area contributed by atoms with Gasteiger partial charge in [-0.15, -0.1) is 0 Å². The number of carbonyl (C=O) groups is 1. The monoisotopic (exact) mass is 439 g/mol. The summed E-state index contributed by atoms with van der Waals surface area (Å²) in [4.78, 5) is 21.7. The van der Waals surface area contributed by atoms with E-state index in [1.165, 1.54) is 5.56 Å². The molecule has 1 saturated carbocycles. The molecule has 2 aromatic carbocycles. The van der Waals surface area contributed by atoms with Gasteiger partial charge in [0.1, 0.15) is 15.4 Å². The van der Waals surface area contributed by atoms with Crippen LogP contribution in [-0.2, 0) is 16.8 Å². The van der Waals surface area contributed by atoms with Crippen LogP contribution in [0.3, 0.4) is 0 Å². The van der Waals surface area contributed by atoms with Crippen LogP contribution in [0.15, 0.2) is 72.9 Å². The molecular formula is C26H21N3O2S. The van der Waals surface area contributed by atoms with Crippen LogP contribution < -0.4 is 0 Å². The lowest BCUT2D eigenvalue weighted by Crippen LogP contribution is -2.10. The van der Waals surface area contributed by atoms with Crippen molar-refractivity contribution in [3.8, 4) is 10.6 Å². The number of pyridine rings is 1. The highest BCUT2D eigenvalue weighted by Crippen LogP contribution is 2.53. The molecule has 1 N–H and O–H groups in total. The Morgan fingerprint density at radius 2 is 1.88 bits per heavy atom. The summed E-state index contributed by atoms with van der Waals surface area (Å²) in [7, 11) is 0. The number of hydrogen-bond acceptors (Lipinski definition) is 4. The van der Waals surface area contributed by atoms with E-state index in [9.17, 15) is 4.79 Å². The minimum absolute atomic E-state index is 0.0530. The summed E-state index contributed by atoms with van der Waals surface area (Å²) in [5.74, 6) is -0.787. The largest absolute Gasteiger partial charge is 0.481 e. The quantitative estimate of drug-likeness (QED) is 0.359. The van der Waals surface area contributed by atoms with Crippen LogP contribution in [0.2, 0.25) is 0 Å². The third-order valence-electron chi connectivity index (χ3n) is 6.41. The number of aliphatic carboxylic acids is 1. The molecule has 1 aliphatic rings. The molecule has 3 aromatic heterocycles. The lowest BCUT2D eigenvalue weighted by Gasteiger charge is -2.14. The van der Waals surface area contributed by atoms with Crippen molar-refractivity contribution < 1.29 is 9.90 Å². The molecule has 0 unspecified atom stereocenters. The maximum atomic E-state index is 10.9. The van der Waals surface area contributed by atoms with Crippen molar-refractivity contribution in [1.82, 2.24) is 14.5 Å². The van der Waals surface area contributed by atoms with Gasteiger partial charge in [-0.2, -0.15) is 0 Å². The fourth-order valence-electron chi connectivity index (χ4n) is 4.53. The number of aryl methyl sites for hydroxylation is 1. The van der Waals surface area contributed by atoms with Crippen LogP contribution in [0, 0.1) is 0 Å². The van der Waals surface area contributed by atoms with Crippen LogP contribution in [0.1, 0.15) is 30.5 Å². The van der Waals surface area contributed by atoms with Crippen LogP contribution in [0.5, 0.6) is 0 Å². The van der Waals surface area contributed by atoms with Gasteiger partial charge in [-0.1, -0.05) is 41.7 Å². The van der Waals surface area contributed by atoms with Crippen molar-refractivity contribution in [3.63, 3.8) is 0 Å². The Bertz CT molecular complexity index is 1460. The first-order valence-electron chi connectivity index (χ1n) is 10.8. The van der Waals surface area contributed by atoms with Crippen molar-refractivity contribution in [1.29, 1.82) is 0 Å². The molecule has 5 nitrogen and oxygen atoms in total. The number of benzene rings is 2. The number of aromatic nitrogens is 3. The summed E-state index contributed by atoms with van der Waals surface area (Å²) in [5, 5.41) is 11.0. The van der Waals surface area contributed by atoms with Gasteiger partial charge < -0.3 is 9.67 Å². The van der Waals surface area contributed by atoms with E-state index in [-0.39, 0.29) is 11.8 Å². The predicted molar refractivity (Wildman–Crippen MR) is 127 cm³/mol. The highest BCUT2D eigenvalue weighted by molar-refractivity contribution is 7.21. The zero-order valence-electron chi connectivity index (χ0n) is 17.4. The molecule has 0 radical (unpaired) electrons. The molecular weight excluding hydrogens is 418 g/mol. The molecule has 0 aliphatic heterocycles. The number of carboxylic acids is 1. The number of fused-ring (bicyclic) bond motifs is 2. The lowest BCUT2D eigenvalue weighted by atomic mass is 9.92. The Labute approximate surface area is 189 Å². The number of thiazole rings is 1. The highest BCUT2D eigenvalue weighted by atomic mass is 32.1. The molecule has 1 aliphatic carbocycles. The van der Waals surface area contributed by atoms with Crippen molar-refractivity contribution in [3.05, 3.63) is 84.2 Å². The van der Waals surface area contributed by atoms with Gasteiger partial charge in [0.2, 0.25) is 0 Å². The van der Waals surface area contributed by atoms with E-state index < -0.39 is 5.97 Å². The van der Waals surface area contributed by atoms with Crippen LogP contribution in [-0.4, -0.2) is 25.6 Å². The molecule has 158 valence electrons. The SMILES string of the molecule is O=C(O)CCn1ccc2cc(-c3nc4ccc(C5(c6ccccc6)CC5)nc4s3)ccc21. The average Bonchev–Trinajstić information content (AvgIpc) is 3.35. The Hall–Kier alpha value is -3.51. The number of rotatable bonds is 6. The predicted octanol–water partition coefficient (Wildman–Crippen LogP) is 5.87. The Kier molecular flexibility index (Phi) is 4.36. The third-order valence-corrected chi connectivity index (χ3v) is 7.42. The topological polar surface area (TPSA) is 68.0 Å². The Morgan fingerprint density at radius 3 is 2.66 bits per heavy atom. The first-order valence-corrected chi connectivity index (χ1v) is 11.6. The molecule has 5 aromatic rings. The molecule has 32 heavy (non-hydrogen) atoms. The van der Waals surface area contributed by atoms with Gasteiger partial charge in [0.25, 0.3) is 0 Å². The fourth-order valence-corrected chi connectivity index (χ4v) is 5.46. The van der Waals surface area contributed by atoms with Gasteiger partial charge in [0, 0.05) is 34.6 Å². The van der Waals surface area contributed by atoms with E-state index in [2.05, 4.69) is 54.6 Å². The van der Waals surface area contributed by atoms with E-state index in [4.69, 9.17) is 15.1 Å². The zero-order valence-corrected chi connectivity index (χ0v) is 18.2. The summed E-state index contributed by atoms with van der Waals surface area (Å²) < 4.78 is 1.98. The molecule has 0 saturated heterocycles. The molecule has 0 atom stereocenters. The standard InChI is InChI=1S/C26H21N3O2S/c30-23(31)11-15-29-14-10-17-16-18(6-8-21(17)29)24-27-20-7-9-22(28-25(20)32-24)26(12-13-26)19-4-2-1-3-5-19/h1-10,14,16H,11-13,15H2,(H,30,31). The fraction of sp³-hybridized carbons (Fsp3) is 0.192. The van der Waals surface area contributed by atoms with Crippen molar-refractivity contribution >= 4 is 38.6 Å². The Morgan fingerprint density at radius 1 is 1.03 bits per heavy atom. The molecule has 0 amide bonds. The third kappa shape index (κ3) is 3.19. The van der Waals surface area contributed by atoms with Gasteiger partial charge >= 0.3 is 5.97 Å². The maximum Gasteiger partial charge on any atom is 0.305 e. The van der Waals surface area contributed by atoms with E-state index in [1.807, 2.05) is 22.9 Å². The molecule has 1 fully saturated rings. The molecule has 6 rings (SSSR count). The second-order valence-electron chi connectivity index (χ2n) is 8.41. The Balaban J connectivity index is 1.34. The second-order valence-corrected chi connectivity index (χ2v) is 9.39. The van der Waals surface area contributed by atoms with Crippen molar-refractivity contribution in [2.24, 2.45) is 0 Å². The smallest absolute Gasteiger partial charge is 0.305 e. The minimum Gasteiger partial charge on any atom is -0.481 e. The summed E-state index contributed by atoms with van der Waals surface area (Å²) in [6, 6.07) is 23.2. The van der Waals surface area contributed by atoms with Gasteiger partial charge in [0.15, 0.2) is 0 Å². The molecule has 6 heteroatoms. The van der Waals surface area contributed by atoms with Crippen LogP contribution in [0.25, 0.3) is 31.8 Å². The molecule has 3 heterocycles. The van der Waals surface area contributed by atoms with Gasteiger partial charge in [-0.3, -0.25) is 4.79 Å². The molecule has 0 spiro atoms. The highest BCUT2D eigenvalue weighted by Gasteiger charge is 2.47. The van der Waals surface area contributed by atoms with Crippen LogP contribution in [0.4, 0.5) is 0 Å². The maximum absolute atomic E-state index is 10.9. The second kappa shape index (κ2) is 7.28.